The number of imidazole rings is 1. The normalized spacial score (nSPS) is 11.1. The van der Waals surface area contributed by atoms with Gasteiger partial charge in [0.15, 0.2) is 4.77 Å². The minimum Gasteiger partial charge on any atom is -0.330 e. The second-order valence-corrected chi connectivity index (χ2v) is 6.65. The van der Waals surface area contributed by atoms with Crippen molar-refractivity contribution in [3.63, 3.8) is 0 Å². The summed E-state index contributed by atoms with van der Waals surface area (Å²) >= 11 is 18.6. The van der Waals surface area contributed by atoms with Crippen molar-refractivity contribution in [2.24, 2.45) is 0 Å². The van der Waals surface area contributed by atoms with Gasteiger partial charge in [0.2, 0.25) is 0 Å². The van der Waals surface area contributed by atoms with Crippen LogP contribution in [0.1, 0.15) is 0 Å². The lowest BCUT2D eigenvalue weighted by Gasteiger charge is -2.07. The second kappa shape index (κ2) is 5.05. The molecule has 2 aromatic carbocycles. The Labute approximate surface area is 136 Å². The van der Waals surface area contributed by atoms with E-state index in [1.54, 1.807) is 0 Å². The lowest BCUT2D eigenvalue weighted by molar-refractivity contribution is 1.06. The van der Waals surface area contributed by atoms with Gasteiger partial charge in [-0.2, -0.15) is 0 Å². The van der Waals surface area contributed by atoms with Crippen LogP contribution in [0, 0.1) is 4.77 Å². The summed E-state index contributed by atoms with van der Waals surface area (Å²) in [5.41, 5.74) is 2.83. The summed E-state index contributed by atoms with van der Waals surface area (Å²) in [5, 5.41) is 0.647. The summed E-state index contributed by atoms with van der Waals surface area (Å²) in [6.45, 7) is 0. The number of nitrogens with zero attached hydrogens (tertiary/aromatic N) is 1. The van der Waals surface area contributed by atoms with E-state index in [2.05, 4.69) is 36.8 Å². The molecule has 0 unspecified atom stereocenters. The van der Waals surface area contributed by atoms with E-state index in [9.17, 15) is 0 Å². The highest BCUT2D eigenvalue weighted by Crippen LogP contribution is 2.29. The van der Waals surface area contributed by atoms with Crippen LogP contribution in [0.3, 0.4) is 0 Å². The van der Waals surface area contributed by atoms with Gasteiger partial charge in [0, 0.05) is 8.95 Å². The zero-order valence-electron chi connectivity index (χ0n) is 9.45. The molecule has 0 aliphatic heterocycles. The number of benzene rings is 2. The molecule has 3 aromatic rings. The highest BCUT2D eigenvalue weighted by molar-refractivity contribution is 9.10. The molecular formula is C13H7Br2ClN2S. The molecule has 0 bridgehead atoms. The predicted molar refractivity (Wildman–Crippen MR) is 88.9 cm³/mol. The van der Waals surface area contributed by atoms with Crippen LogP contribution in [0.4, 0.5) is 0 Å². The first kappa shape index (κ1) is 13.4. The first-order valence-corrected chi connectivity index (χ1v) is 7.79. The summed E-state index contributed by atoms with van der Waals surface area (Å²) in [5.74, 6) is 0. The molecule has 19 heavy (non-hydrogen) atoms. The van der Waals surface area contributed by atoms with Gasteiger partial charge in [-0.3, -0.25) is 4.57 Å². The van der Waals surface area contributed by atoms with Crippen LogP contribution in [-0.2, 0) is 0 Å². The van der Waals surface area contributed by atoms with Crippen molar-refractivity contribution in [3.05, 3.63) is 55.1 Å². The maximum absolute atomic E-state index is 6.30. The number of hydrogen-bond acceptors (Lipinski definition) is 1. The number of H-pyrrole nitrogens is 1. The van der Waals surface area contributed by atoms with E-state index in [1.165, 1.54) is 0 Å². The van der Waals surface area contributed by atoms with Crippen molar-refractivity contribution in [1.82, 2.24) is 9.55 Å². The summed E-state index contributed by atoms with van der Waals surface area (Å²) in [4.78, 5) is 3.19. The van der Waals surface area contributed by atoms with Gasteiger partial charge in [0.25, 0.3) is 0 Å². The Morgan fingerprint density at radius 2 is 1.74 bits per heavy atom. The van der Waals surface area contributed by atoms with Gasteiger partial charge in [-0.25, -0.2) is 0 Å². The Morgan fingerprint density at radius 1 is 1.05 bits per heavy atom. The molecule has 1 N–H and O–H groups in total. The first-order valence-electron chi connectivity index (χ1n) is 5.42. The molecule has 0 fully saturated rings. The highest BCUT2D eigenvalue weighted by Gasteiger charge is 2.10. The third-order valence-electron chi connectivity index (χ3n) is 2.79. The standard InChI is InChI=1S/C13H7Br2ClN2S/c14-7-1-3-11(9(16)5-7)18-12-4-2-8(15)6-10(12)17-13(18)19/h1-6H,(H,17,19). The number of aromatic amines is 1. The highest BCUT2D eigenvalue weighted by atomic mass is 79.9. The SMILES string of the molecule is S=c1[nH]c2cc(Br)ccc2n1-c1ccc(Br)cc1Cl. The molecule has 96 valence electrons. The van der Waals surface area contributed by atoms with Crippen molar-refractivity contribution in [2.45, 2.75) is 0 Å². The molecule has 0 spiro atoms. The number of rotatable bonds is 1. The third-order valence-corrected chi connectivity index (χ3v) is 4.37. The van der Waals surface area contributed by atoms with E-state index >= 15 is 0 Å². The van der Waals surface area contributed by atoms with E-state index in [-0.39, 0.29) is 0 Å². The maximum atomic E-state index is 6.30. The van der Waals surface area contributed by atoms with Crippen molar-refractivity contribution in [2.75, 3.05) is 0 Å². The molecule has 0 saturated carbocycles. The smallest absolute Gasteiger partial charge is 0.182 e. The van der Waals surface area contributed by atoms with Gasteiger partial charge in [-0.1, -0.05) is 43.5 Å². The summed E-state index contributed by atoms with van der Waals surface area (Å²) < 4.78 is 4.50. The summed E-state index contributed by atoms with van der Waals surface area (Å²) in [6, 6.07) is 11.7. The van der Waals surface area contributed by atoms with Gasteiger partial charge in [0.1, 0.15) is 0 Å². The number of nitrogens with one attached hydrogen (secondary N) is 1. The molecule has 0 aliphatic rings. The molecule has 0 atom stereocenters. The minimum atomic E-state index is 0.623. The monoisotopic (exact) mass is 416 g/mol. The van der Waals surface area contributed by atoms with Crippen LogP contribution < -0.4 is 0 Å². The zero-order valence-corrected chi connectivity index (χ0v) is 14.2. The molecule has 0 radical (unpaired) electrons. The lowest BCUT2D eigenvalue weighted by atomic mass is 10.3. The molecule has 0 saturated heterocycles. The molecule has 1 heterocycles. The number of fused-ring (bicyclic) bond motifs is 1. The van der Waals surface area contributed by atoms with Crippen LogP contribution in [0.15, 0.2) is 45.3 Å². The summed E-state index contributed by atoms with van der Waals surface area (Å²) in [6.07, 6.45) is 0. The molecule has 6 heteroatoms. The predicted octanol–water partition coefficient (Wildman–Crippen LogP) is 5.87. The fraction of sp³-hybridized carbons (Fsp3) is 0. The Kier molecular flexibility index (Phi) is 3.55. The van der Waals surface area contributed by atoms with Crippen LogP contribution in [-0.4, -0.2) is 9.55 Å². The average Bonchev–Trinajstić information content (AvgIpc) is 2.65. The fourth-order valence-corrected chi connectivity index (χ4v) is 3.41. The molecule has 1 aromatic heterocycles. The van der Waals surface area contributed by atoms with E-state index in [0.29, 0.717) is 9.79 Å². The Morgan fingerprint density at radius 3 is 2.47 bits per heavy atom. The minimum absolute atomic E-state index is 0.623. The number of aromatic nitrogens is 2. The first-order chi connectivity index (χ1) is 9.06. The summed E-state index contributed by atoms with van der Waals surface area (Å²) in [7, 11) is 0. The van der Waals surface area contributed by atoms with E-state index in [1.807, 2.05) is 41.0 Å². The number of hydrogen-bond donors (Lipinski definition) is 1. The van der Waals surface area contributed by atoms with Gasteiger partial charge < -0.3 is 4.98 Å². The topological polar surface area (TPSA) is 20.7 Å². The largest absolute Gasteiger partial charge is 0.330 e. The zero-order chi connectivity index (χ0) is 13.6. The van der Waals surface area contributed by atoms with Crippen LogP contribution >= 0.6 is 55.7 Å². The maximum Gasteiger partial charge on any atom is 0.182 e. The third kappa shape index (κ3) is 2.40. The number of halogens is 3. The second-order valence-electron chi connectivity index (χ2n) is 4.02. The van der Waals surface area contributed by atoms with Crippen molar-refractivity contribution in [3.8, 4) is 5.69 Å². The quantitative estimate of drug-likeness (QED) is 0.491. The van der Waals surface area contributed by atoms with Crippen molar-refractivity contribution >= 4 is 66.7 Å². The van der Waals surface area contributed by atoms with Crippen molar-refractivity contribution < 1.29 is 0 Å². The Balaban J connectivity index is 2.36. The van der Waals surface area contributed by atoms with Gasteiger partial charge in [-0.05, 0) is 48.6 Å². The lowest BCUT2D eigenvalue weighted by Crippen LogP contribution is -1.94. The molecule has 3 rings (SSSR count). The van der Waals surface area contributed by atoms with Crippen LogP contribution in [0.2, 0.25) is 5.02 Å². The van der Waals surface area contributed by atoms with Gasteiger partial charge in [-0.15, -0.1) is 0 Å². The Hall–Kier alpha value is -0.620. The van der Waals surface area contributed by atoms with Crippen LogP contribution in [0.25, 0.3) is 16.7 Å². The van der Waals surface area contributed by atoms with Crippen LogP contribution in [0.5, 0.6) is 0 Å². The average molecular weight is 419 g/mol. The van der Waals surface area contributed by atoms with Gasteiger partial charge in [0.05, 0.1) is 21.7 Å². The molecule has 0 aliphatic carbocycles. The van der Waals surface area contributed by atoms with E-state index < -0.39 is 0 Å². The van der Waals surface area contributed by atoms with E-state index in [0.717, 1.165) is 25.7 Å². The van der Waals surface area contributed by atoms with E-state index in [4.69, 9.17) is 23.8 Å². The fourth-order valence-electron chi connectivity index (χ4n) is 1.99. The van der Waals surface area contributed by atoms with Gasteiger partial charge >= 0.3 is 0 Å². The Bertz CT molecular complexity index is 838. The molecular weight excluding hydrogens is 411 g/mol. The molecule has 2 nitrogen and oxygen atoms in total. The van der Waals surface area contributed by atoms with Crippen molar-refractivity contribution in [1.29, 1.82) is 0 Å². The molecule has 0 amide bonds.